The molecule has 0 unspecified atom stereocenters. The van der Waals surface area contributed by atoms with Crippen LogP contribution in [0, 0.1) is 13.8 Å². The molecule has 0 heterocycles. The Morgan fingerprint density at radius 2 is 1.89 bits per heavy atom. The van der Waals surface area contributed by atoms with Crippen molar-refractivity contribution in [3.05, 3.63) is 27.8 Å². The summed E-state index contributed by atoms with van der Waals surface area (Å²) >= 11 is 6.24. The van der Waals surface area contributed by atoms with Crippen molar-refractivity contribution >= 4 is 11.6 Å². The summed E-state index contributed by atoms with van der Waals surface area (Å²) in [6.45, 7) is 4.56. The molecule has 3 N–H and O–H groups in total. The van der Waals surface area contributed by atoms with Crippen molar-refractivity contribution in [2.75, 3.05) is 6.54 Å². The normalized spacial score (nSPS) is 18.9. The van der Waals surface area contributed by atoms with E-state index in [1.165, 1.54) is 19.3 Å². The molecule has 1 aromatic rings. The second kappa shape index (κ2) is 5.10. The lowest BCUT2D eigenvalue weighted by molar-refractivity contribution is 0.290. The summed E-state index contributed by atoms with van der Waals surface area (Å²) < 4.78 is 0. The first-order chi connectivity index (χ1) is 8.52. The van der Waals surface area contributed by atoms with Gasteiger partial charge >= 0.3 is 0 Å². The first-order valence-corrected chi connectivity index (χ1v) is 7.09. The molecule has 3 heteroatoms. The molecule has 2 nitrogen and oxygen atoms in total. The van der Waals surface area contributed by atoms with Crippen LogP contribution in [0.5, 0.6) is 5.75 Å². The molecule has 18 heavy (non-hydrogen) atoms. The number of hydrogen-bond acceptors (Lipinski definition) is 2. The maximum absolute atomic E-state index is 10.4. The van der Waals surface area contributed by atoms with Crippen LogP contribution in [0.15, 0.2) is 6.07 Å². The summed E-state index contributed by atoms with van der Waals surface area (Å²) in [6.07, 6.45) is 5.73. The van der Waals surface area contributed by atoms with Crippen molar-refractivity contribution in [2.45, 2.75) is 51.4 Å². The van der Waals surface area contributed by atoms with Crippen LogP contribution >= 0.6 is 11.6 Å². The Morgan fingerprint density at radius 3 is 2.44 bits per heavy atom. The van der Waals surface area contributed by atoms with Gasteiger partial charge in [-0.25, -0.2) is 0 Å². The van der Waals surface area contributed by atoms with Crippen LogP contribution in [0.4, 0.5) is 0 Å². The molecule has 2 rings (SSSR count). The summed E-state index contributed by atoms with van der Waals surface area (Å²) in [5, 5.41) is 10.9. The van der Waals surface area contributed by atoms with E-state index < -0.39 is 0 Å². The Labute approximate surface area is 114 Å². The van der Waals surface area contributed by atoms with Crippen molar-refractivity contribution in [1.82, 2.24) is 0 Å². The van der Waals surface area contributed by atoms with Gasteiger partial charge in [0.1, 0.15) is 5.75 Å². The number of aryl methyl sites for hydroxylation is 1. The van der Waals surface area contributed by atoms with E-state index in [2.05, 4.69) is 6.07 Å². The van der Waals surface area contributed by atoms with Gasteiger partial charge in [-0.2, -0.15) is 0 Å². The minimum absolute atomic E-state index is 0.0789. The minimum atomic E-state index is -0.0789. The zero-order chi connectivity index (χ0) is 13.3. The molecule has 0 saturated heterocycles. The number of benzene rings is 1. The van der Waals surface area contributed by atoms with Crippen LogP contribution in [0.25, 0.3) is 0 Å². The molecule has 1 saturated carbocycles. The summed E-state index contributed by atoms with van der Waals surface area (Å²) in [6, 6.07) is 2.08. The van der Waals surface area contributed by atoms with Crippen LogP contribution in [0.1, 0.15) is 48.8 Å². The number of phenols is 1. The first-order valence-electron chi connectivity index (χ1n) is 6.71. The summed E-state index contributed by atoms with van der Waals surface area (Å²) in [7, 11) is 0. The van der Waals surface area contributed by atoms with Gasteiger partial charge in [0.25, 0.3) is 0 Å². The largest absolute Gasteiger partial charge is 0.506 e. The van der Waals surface area contributed by atoms with Crippen molar-refractivity contribution in [3.63, 3.8) is 0 Å². The average Bonchev–Trinajstić information content (AvgIpc) is 2.41. The molecule has 0 radical (unpaired) electrons. The Bertz CT molecular complexity index is 450. The van der Waals surface area contributed by atoms with Gasteiger partial charge in [0, 0.05) is 17.5 Å². The minimum Gasteiger partial charge on any atom is -0.506 e. The summed E-state index contributed by atoms with van der Waals surface area (Å²) in [4.78, 5) is 0. The Morgan fingerprint density at radius 1 is 1.28 bits per heavy atom. The number of rotatable bonds is 2. The van der Waals surface area contributed by atoms with Gasteiger partial charge in [-0.05, 0) is 37.8 Å². The molecule has 0 spiro atoms. The lowest BCUT2D eigenvalue weighted by Crippen LogP contribution is -2.37. The second-order valence-corrected chi connectivity index (χ2v) is 5.95. The van der Waals surface area contributed by atoms with E-state index in [-0.39, 0.29) is 11.2 Å². The Balaban J connectivity index is 2.55. The molecule has 1 aliphatic carbocycles. The molecular weight excluding hydrogens is 246 g/mol. The van der Waals surface area contributed by atoms with Crippen LogP contribution in [-0.4, -0.2) is 11.7 Å². The topological polar surface area (TPSA) is 46.2 Å². The zero-order valence-corrected chi connectivity index (χ0v) is 12.0. The standard InChI is InChI=1S/C15H22ClNO/c1-10-8-12(14(18)13(16)11(10)2)15(9-17)6-4-3-5-7-15/h8,18H,3-7,9,17H2,1-2H3. The lowest BCUT2D eigenvalue weighted by Gasteiger charge is -2.37. The highest BCUT2D eigenvalue weighted by Gasteiger charge is 2.35. The third-order valence-electron chi connectivity index (χ3n) is 4.52. The van der Waals surface area contributed by atoms with Crippen LogP contribution in [0.2, 0.25) is 5.02 Å². The van der Waals surface area contributed by atoms with Crippen LogP contribution in [-0.2, 0) is 5.41 Å². The summed E-state index contributed by atoms with van der Waals surface area (Å²) in [5.74, 6) is 0.243. The smallest absolute Gasteiger partial charge is 0.138 e. The molecule has 0 amide bonds. The Hall–Kier alpha value is -0.730. The summed E-state index contributed by atoms with van der Waals surface area (Å²) in [5.41, 5.74) is 8.99. The van der Waals surface area contributed by atoms with Crippen molar-refractivity contribution in [1.29, 1.82) is 0 Å². The molecule has 1 aromatic carbocycles. The quantitative estimate of drug-likeness (QED) is 0.856. The number of hydrogen-bond donors (Lipinski definition) is 2. The SMILES string of the molecule is Cc1cc(C2(CN)CCCCC2)c(O)c(Cl)c1C. The van der Waals surface area contributed by atoms with Crippen molar-refractivity contribution < 1.29 is 5.11 Å². The van der Waals surface area contributed by atoms with Crippen molar-refractivity contribution in [3.8, 4) is 5.75 Å². The molecule has 100 valence electrons. The van der Waals surface area contributed by atoms with Crippen molar-refractivity contribution in [2.24, 2.45) is 5.73 Å². The molecule has 0 aromatic heterocycles. The second-order valence-electron chi connectivity index (χ2n) is 5.57. The third kappa shape index (κ3) is 2.12. The predicted molar refractivity (Wildman–Crippen MR) is 76.4 cm³/mol. The van der Waals surface area contributed by atoms with Gasteiger partial charge in [-0.3, -0.25) is 0 Å². The lowest BCUT2D eigenvalue weighted by atomic mass is 9.68. The fourth-order valence-electron chi connectivity index (χ4n) is 3.08. The first kappa shape index (κ1) is 13.7. The number of aromatic hydroxyl groups is 1. The van der Waals surface area contributed by atoms with E-state index in [1.54, 1.807) is 0 Å². The average molecular weight is 268 g/mol. The molecule has 0 aliphatic heterocycles. The maximum atomic E-state index is 10.4. The van der Waals surface area contributed by atoms with Crippen LogP contribution < -0.4 is 5.73 Å². The maximum Gasteiger partial charge on any atom is 0.138 e. The van der Waals surface area contributed by atoms with Gasteiger partial charge in [0.15, 0.2) is 0 Å². The zero-order valence-electron chi connectivity index (χ0n) is 11.2. The highest BCUT2D eigenvalue weighted by molar-refractivity contribution is 6.33. The predicted octanol–water partition coefficient (Wildman–Crippen LogP) is 3.82. The molecule has 0 atom stereocenters. The van der Waals surface area contributed by atoms with Gasteiger partial charge in [0.2, 0.25) is 0 Å². The van der Waals surface area contributed by atoms with E-state index in [4.69, 9.17) is 17.3 Å². The highest BCUT2D eigenvalue weighted by atomic mass is 35.5. The van der Waals surface area contributed by atoms with E-state index in [0.29, 0.717) is 11.6 Å². The van der Waals surface area contributed by atoms with Gasteiger partial charge in [-0.1, -0.05) is 36.9 Å². The Kier molecular flexibility index (Phi) is 3.88. The number of nitrogens with two attached hydrogens (primary N) is 1. The van der Waals surface area contributed by atoms with Gasteiger partial charge in [-0.15, -0.1) is 0 Å². The van der Waals surface area contributed by atoms with Gasteiger partial charge in [0.05, 0.1) is 5.02 Å². The monoisotopic (exact) mass is 267 g/mol. The van der Waals surface area contributed by atoms with E-state index in [0.717, 1.165) is 29.5 Å². The molecule has 0 bridgehead atoms. The fourth-order valence-corrected chi connectivity index (χ4v) is 3.33. The fraction of sp³-hybridized carbons (Fsp3) is 0.600. The van der Waals surface area contributed by atoms with Gasteiger partial charge < -0.3 is 10.8 Å². The van der Waals surface area contributed by atoms with E-state index >= 15 is 0 Å². The molecular formula is C15H22ClNO. The van der Waals surface area contributed by atoms with E-state index in [1.807, 2.05) is 13.8 Å². The molecule has 1 fully saturated rings. The van der Waals surface area contributed by atoms with Crippen LogP contribution in [0.3, 0.4) is 0 Å². The number of phenolic OH excluding ortho intramolecular Hbond substituents is 1. The van der Waals surface area contributed by atoms with E-state index in [9.17, 15) is 5.11 Å². The molecule has 1 aliphatic rings. The third-order valence-corrected chi connectivity index (χ3v) is 4.98. The number of halogens is 1. The highest BCUT2D eigenvalue weighted by Crippen LogP contribution is 2.46.